The summed E-state index contributed by atoms with van der Waals surface area (Å²) in [4.78, 5) is 3.97. The molecule has 102 valence electrons. The number of aryl methyl sites for hydroxylation is 1. The highest BCUT2D eigenvalue weighted by Crippen LogP contribution is 2.20. The van der Waals surface area contributed by atoms with Crippen LogP contribution in [-0.4, -0.2) is 48.0 Å². The summed E-state index contributed by atoms with van der Waals surface area (Å²) in [6.45, 7) is 4.14. The van der Waals surface area contributed by atoms with Gasteiger partial charge in [0, 0.05) is 32.4 Å². The van der Waals surface area contributed by atoms with Crippen LogP contribution in [-0.2, 0) is 17.1 Å². The highest BCUT2D eigenvalue weighted by Gasteiger charge is 2.33. The lowest BCUT2D eigenvalue weighted by molar-refractivity contribution is 0.334. The Kier molecular flexibility index (Phi) is 4.04. The zero-order valence-corrected chi connectivity index (χ0v) is 11.7. The van der Waals surface area contributed by atoms with Crippen molar-refractivity contribution in [2.45, 2.75) is 30.8 Å². The van der Waals surface area contributed by atoms with Crippen LogP contribution in [0.4, 0.5) is 0 Å². The number of hydrogen-bond acceptors (Lipinski definition) is 4. The van der Waals surface area contributed by atoms with E-state index in [2.05, 4.69) is 10.3 Å². The Balaban J connectivity index is 2.28. The van der Waals surface area contributed by atoms with Crippen LogP contribution in [0, 0.1) is 0 Å². The van der Waals surface area contributed by atoms with E-state index in [-0.39, 0.29) is 11.1 Å². The molecule has 0 spiro atoms. The average Bonchev–Trinajstić information content (AvgIpc) is 2.96. The molecular formula is C11H20N4O2S. The number of nitrogens with one attached hydrogen (secondary N) is 1. The van der Waals surface area contributed by atoms with E-state index in [0.29, 0.717) is 6.54 Å². The van der Waals surface area contributed by atoms with Gasteiger partial charge < -0.3 is 9.88 Å². The molecule has 0 aliphatic carbocycles. The molecule has 1 fully saturated rings. The van der Waals surface area contributed by atoms with Gasteiger partial charge in [-0.15, -0.1) is 0 Å². The van der Waals surface area contributed by atoms with Crippen molar-refractivity contribution in [2.75, 3.05) is 19.6 Å². The molecule has 0 bridgehead atoms. The van der Waals surface area contributed by atoms with Gasteiger partial charge in [-0.3, -0.25) is 0 Å². The monoisotopic (exact) mass is 272 g/mol. The van der Waals surface area contributed by atoms with Crippen LogP contribution in [0.25, 0.3) is 0 Å². The maximum absolute atomic E-state index is 12.5. The van der Waals surface area contributed by atoms with Crippen LogP contribution in [0.15, 0.2) is 17.6 Å². The second kappa shape index (κ2) is 5.38. The first kappa shape index (κ1) is 13.5. The van der Waals surface area contributed by atoms with E-state index in [1.165, 1.54) is 6.33 Å². The largest absolute Gasteiger partial charge is 0.339 e. The van der Waals surface area contributed by atoms with Gasteiger partial charge in [0.1, 0.15) is 0 Å². The maximum Gasteiger partial charge on any atom is 0.262 e. The molecule has 0 amide bonds. The lowest BCUT2D eigenvalue weighted by atomic mass is 10.2. The number of sulfonamides is 1. The van der Waals surface area contributed by atoms with Crippen molar-refractivity contribution in [3.8, 4) is 0 Å². The summed E-state index contributed by atoms with van der Waals surface area (Å²) < 4.78 is 28.3. The molecule has 1 atom stereocenters. The molecule has 0 aromatic carbocycles. The first-order valence-electron chi connectivity index (χ1n) is 6.26. The summed E-state index contributed by atoms with van der Waals surface area (Å²) in [5.41, 5.74) is 0. The molecular weight excluding hydrogens is 252 g/mol. The van der Waals surface area contributed by atoms with E-state index >= 15 is 0 Å². The summed E-state index contributed by atoms with van der Waals surface area (Å²) in [6.07, 6.45) is 4.75. The SMILES string of the molecule is CCCN(C1CCNC1)S(=O)(=O)c1cn(C)cn1. The minimum absolute atomic E-state index is 0.0527. The number of hydrogen-bond donors (Lipinski definition) is 1. The van der Waals surface area contributed by atoms with Gasteiger partial charge in [-0.1, -0.05) is 6.92 Å². The van der Waals surface area contributed by atoms with E-state index in [0.717, 1.165) is 25.9 Å². The molecule has 0 saturated carbocycles. The van der Waals surface area contributed by atoms with Gasteiger partial charge in [-0.25, -0.2) is 13.4 Å². The standard InChI is InChI=1S/C11H20N4O2S/c1-3-6-15(10-4-5-12-7-10)18(16,17)11-8-14(2)9-13-11/h8-10,12H,3-7H2,1-2H3. The van der Waals surface area contributed by atoms with Crippen molar-refractivity contribution in [3.05, 3.63) is 12.5 Å². The Labute approximate surface area is 108 Å². The zero-order valence-electron chi connectivity index (χ0n) is 10.8. The number of nitrogens with zero attached hydrogens (tertiary/aromatic N) is 3. The lowest BCUT2D eigenvalue weighted by Crippen LogP contribution is -2.42. The molecule has 1 aliphatic heterocycles. The minimum atomic E-state index is -3.46. The van der Waals surface area contributed by atoms with Crippen LogP contribution >= 0.6 is 0 Å². The van der Waals surface area contributed by atoms with Crippen LogP contribution in [0.3, 0.4) is 0 Å². The molecule has 18 heavy (non-hydrogen) atoms. The summed E-state index contributed by atoms with van der Waals surface area (Å²) in [7, 11) is -1.69. The molecule has 0 radical (unpaired) electrons. The number of aromatic nitrogens is 2. The van der Waals surface area contributed by atoms with Gasteiger partial charge >= 0.3 is 0 Å². The highest BCUT2D eigenvalue weighted by molar-refractivity contribution is 7.89. The van der Waals surface area contributed by atoms with E-state index in [1.54, 1.807) is 22.1 Å². The summed E-state index contributed by atoms with van der Waals surface area (Å²) >= 11 is 0. The normalized spacial score (nSPS) is 20.7. The van der Waals surface area contributed by atoms with Gasteiger partial charge in [0.2, 0.25) is 0 Å². The van der Waals surface area contributed by atoms with E-state index in [1.807, 2.05) is 6.92 Å². The maximum atomic E-state index is 12.5. The number of rotatable bonds is 5. The lowest BCUT2D eigenvalue weighted by Gasteiger charge is -2.26. The van der Waals surface area contributed by atoms with Crippen LogP contribution in [0.1, 0.15) is 19.8 Å². The van der Waals surface area contributed by atoms with Gasteiger partial charge in [0.05, 0.1) is 6.33 Å². The average molecular weight is 272 g/mol. The first-order valence-corrected chi connectivity index (χ1v) is 7.70. The third-order valence-electron chi connectivity index (χ3n) is 3.14. The Morgan fingerprint density at radius 1 is 1.61 bits per heavy atom. The Morgan fingerprint density at radius 2 is 2.39 bits per heavy atom. The second-order valence-corrected chi connectivity index (χ2v) is 6.48. The van der Waals surface area contributed by atoms with Gasteiger partial charge in [0.15, 0.2) is 5.03 Å². The molecule has 1 aromatic rings. The molecule has 1 N–H and O–H groups in total. The minimum Gasteiger partial charge on any atom is -0.339 e. The summed E-state index contributed by atoms with van der Waals surface area (Å²) in [6, 6.07) is 0.0527. The second-order valence-electron chi connectivity index (χ2n) is 4.64. The van der Waals surface area contributed by atoms with Gasteiger partial charge in [0.25, 0.3) is 10.0 Å². The van der Waals surface area contributed by atoms with Crippen molar-refractivity contribution < 1.29 is 8.42 Å². The fourth-order valence-electron chi connectivity index (χ4n) is 2.25. The molecule has 1 unspecified atom stereocenters. The molecule has 6 nitrogen and oxygen atoms in total. The quantitative estimate of drug-likeness (QED) is 0.830. The van der Waals surface area contributed by atoms with E-state index < -0.39 is 10.0 Å². The van der Waals surface area contributed by atoms with Crippen LogP contribution in [0.5, 0.6) is 0 Å². The van der Waals surface area contributed by atoms with Crippen LogP contribution < -0.4 is 5.32 Å². The Bertz CT molecular complexity index is 491. The molecule has 7 heteroatoms. The fourth-order valence-corrected chi connectivity index (χ4v) is 3.96. The molecule has 1 aromatic heterocycles. The first-order chi connectivity index (χ1) is 8.55. The number of imidazole rings is 1. The highest BCUT2D eigenvalue weighted by atomic mass is 32.2. The smallest absolute Gasteiger partial charge is 0.262 e. The Hall–Kier alpha value is -0.920. The molecule has 2 heterocycles. The van der Waals surface area contributed by atoms with E-state index in [4.69, 9.17) is 0 Å². The van der Waals surface area contributed by atoms with Crippen molar-refractivity contribution in [1.29, 1.82) is 0 Å². The van der Waals surface area contributed by atoms with Crippen molar-refractivity contribution in [3.63, 3.8) is 0 Å². The van der Waals surface area contributed by atoms with Crippen molar-refractivity contribution in [1.82, 2.24) is 19.2 Å². The van der Waals surface area contributed by atoms with Crippen molar-refractivity contribution >= 4 is 10.0 Å². The van der Waals surface area contributed by atoms with Gasteiger partial charge in [-0.2, -0.15) is 4.31 Å². The van der Waals surface area contributed by atoms with Gasteiger partial charge in [-0.05, 0) is 19.4 Å². The Morgan fingerprint density at radius 3 is 2.89 bits per heavy atom. The summed E-state index contributed by atoms with van der Waals surface area (Å²) in [5.74, 6) is 0. The third kappa shape index (κ3) is 2.57. The topological polar surface area (TPSA) is 67.2 Å². The van der Waals surface area contributed by atoms with E-state index in [9.17, 15) is 8.42 Å². The van der Waals surface area contributed by atoms with Crippen LogP contribution in [0.2, 0.25) is 0 Å². The molecule has 1 aliphatic rings. The predicted octanol–water partition coefficient (Wildman–Crippen LogP) is 0.183. The third-order valence-corrected chi connectivity index (χ3v) is 4.98. The van der Waals surface area contributed by atoms with Crippen molar-refractivity contribution in [2.24, 2.45) is 7.05 Å². The molecule has 1 saturated heterocycles. The zero-order chi connectivity index (χ0) is 13.2. The summed E-state index contributed by atoms with van der Waals surface area (Å²) in [5, 5.41) is 3.35. The molecule has 2 rings (SSSR count). The fraction of sp³-hybridized carbons (Fsp3) is 0.727. The predicted molar refractivity (Wildman–Crippen MR) is 68.7 cm³/mol.